The molecule has 4 nitrogen and oxygen atoms in total. The smallest absolute Gasteiger partial charge is 0.337 e. The van der Waals surface area contributed by atoms with Crippen molar-refractivity contribution in [3.63, 3.8) is 0 Å². The second-order valence-electron chi connectivity index (χ2n) is 4.15. The summed E-state index contributed by atoms with van der Waals surface area (Å²) in [7, 11) is 0. The number of rotatable bonds is 2. The Balaban J connectivity index is 2.78. The van der Waals surface area contributed by atoms with Gasteiger partial charge >= 0.3 is 5.97 Å². The molecule has 18 heavy (non-hydrogen) atoms. The fraction of sp³-hybridized carbons (Fsp3) is 0.231. The van der Waals surface area contributed by atoms with Crippen molar-refractivity contribution in [2.24, 2.45) is 0 Å². The Hall–Kier alpha value is -1.81. The van der Waals surface area contributed by atoms with Crippen molar-refractivity contribution in [3.05, 3.63) is 45.7 Å². The molecule has 0 aliphatic rings. The Bertz CT molecular complexity index is 632. The lowest BCUT2D eigenvalue weighted by molar-refractivity contribution is 0.0696. The molecule has 1 heterocycles. The summed E-state index contributed by atoms with van der Waals surface area (Å²) in [6.07, 6.45) is 0. The molecule has 0 aliphatic carbocycles. The Morgan fingerprint density at radius 3 is 2.50 bits per heavy atom. The summed E-state index contributed by atoms with van der Waals surface area (Å²) in [6, 6.07) is 4.80. The van der Waals surface area contributed by atoms with Crippen molar-refractivity contribution in [2.75, 3.05) is 0 Å². The summed E-state index contributed by atoms with van der Waals surface area (Å²) in [5, 5.41) is 13.9. The van der Waals surface area contributed by atoms with Gasteiger partial charge in [0.1, 0.15) is 0 Å². The highest BCUT2D eigenvalue weighted by Crippen LogP contribution is 2.27. The summed E-state index contributed by atoms with van der Waals surface area (Å²) in [5.74, 6) is -1.02. The van der Waals surface area contributed by atoms with E-state index in [-0.39, 0.29) is 5.56 Å². The number of carboxylic acids is 1. The first-order chi connectivity index (χ1) is 8.43. The van der Waals surface area contributed by atoms with Gasteiger partial charge in [-0.1, -0.05) is 17.7 Å². The first kappa shape index (κ1) is 12.6. The lowest BCUT2D eigenvalue weighted by Gasteiger charge is -2.10. The molecule has 0 amide bonds. The van der Waals surface area contributed by atoms with E-state index in [0.717, 1.165) is 17.0 Å². The number of aryl methyl sites for hydroxylation is 1. The minimum atomic E-state index is -1.02. The number of halogens is 1. The van der Waals surface area contributed by atoms with Gasteiger partial charge in [0.15, 0.2) is 0 Å². The van der Waals surface area contributed by atoms with Gasteiger partial charge in [-0.15, -0.1) is 0 Å². The van der Waals surface area contributed by atoms with E-state index in [9.17, 15) is 9.90 Å². The number of carbonyl (C=O) groups is 1. The van der Waals surface area contributed by atoms with Crippen molar-refractivity contribution < 1.29 is 9.90 Å². The van der Waals surface area contributed by atoms with Crippen molar-refractivity contribution in [2.45, 2.75) is 20.8 Å². The minimum Gasteiger partial charge on any atom is -0.478 e. The van der Waals surface area contributed by atoms with E-state index in [1.165, 1.54) is 6.07 Å². The monoisotopic (exact) mass is 264 g/mol. The number of carboxylic acid groups (broad SMARTS) is 1. The zero-order chi connectivity index (χ0) is 13.4. The number of nitrogens with zero attached hydrogens (tertiary/aromatic N) is 2. The van der Waals surface area contributed by atoms with Gasteiger partial charge in [-0.3, -0.25) is 0 Å². The van der Waals surface area contributed by atoms with Crippen LogP contribution in [-0.4, -0.2) is 20.9 Å². The summed E-state index contributed by atoms with van der Waals surface area (Å²) >= 11 is 6.12. The minimum absolute atomic E-state index is 0.146. The molecule has 0 aliphatic heterocycles. The Morgan fingerprint density at radius 1 is 1.33 bits per heavy atom. The number of hydrogen-bond donors (Lipinski definition) is 1. The van der Waals surface area contributed by atoms with Crippen LogP contribution in [-0.2, 0) is 0 Å². The number of para-hydroxylation sites is 1. The van der Waals surface area contributed by atoms with Crippen LogP contribution >= 0.6 is 11.6 Å². The SMILES string of the molecule is Cc1nn(-c2c(Cl)cccc2C(=O)O)c(C)c1C. The average Bonchev–Trinajstić information content (AvgIpc) is 2.56. The number of benzene rings is 1. The molecule has 0 fully saturated rings. The van der Waals surface area contributed by atoms with E-state index in [1.807, 2.05) is 20.8 Å². The summed E-state index contributed by atoms with van der Waals surface area (Å²) < 4.78 is 1.59. The summed E-state index contributed by atoms with van der Waals surface area (Å²) in [6.45, 7) is 5.73. The zero-order valence-corrected chi connectivity index (χ0v) is 11.1. The van der Waals surface area contributed by atoms with Gasteiger partial charge in [0.05, 0.1) is 22.0 Å². The van der Waals surface area contributed by atoms with Crippen LogP contribution in [0.1, 0.15) is 27.3 Å². The predicted molar refractivity (Wildman–Crippen MR) is 69.7 cm³/mol. The highest BCUT2D eigenvalue weighted by atomic mass is 35.5. The maximum atomic E-state index is 11.3. The maximum absolute atomic E-state index is 11.3. The molecule has 2 aromatic rings. The molecule has 2 rings (SSSR count). The van der Waals surface area contributed by atoms with Crippen LogP contribution in [0.5, 0.6) is 0 Å². The van der Waals surface area contributed by atoms with Gasteiger partial charge in [0.25, 0.3) is 0 Å². The molecule has 0 radical (unpaired) electrons. The molecule has 0 bridgehead atoms. The van der Waals surface area contributed by atoms with E-state index < -0.39 is 5.97 Å². The van der Waals surface area contributed by atoms with Crippen molar-refractivity contribution in [1.29, 1.82) is 0 Å². The molecule has 5 heteroatoms. The average molecular weight is 265 g/mol. The van der Waals surface area contributed by atoms with Gasteiger partial charge in [0, 0.05) is 5.69 Å². The molecule has 0 saturated heterocycles. The van der Waals surface area contributed by atoms with E-state index in [1.54, 1.807) is 16.8 Å². The molecule has 0 atom stereocenters. The fourth-order valence-electron chi connectivity index (χ4n) is 1.84. The first-order valence-electron chi connectivity index (χ1n) is 5.48. The third-order valence-electron chi connectivity index (χ3n) is 3.08. The van der Waals surface area contributed by atoms with Crippen LogP contribution in [0.4, 0.5) is 0 Å². The van der Waals surface area contributed by atoms with E-state index in [4.69, 9.17) is 11.6 Å². The largest absolute Gasteiger partial charge is 0.478 e. The standard InChI is InChI=1S/C13H13ClN2O2/c1-7-8(2)15-16(9(7)3)12-10(13(17)18)5-4-6-11(12)14/h4-6H,1-3H3,(H,17,18). The fourth-order valence-corrected chi connectivity index (χ4v) is 2.10. The van der Waals surface area contributed by atoms with Crippen LogP contribution in [0.15, 0.2) is 18.2 Å². The van der Waals surface area contributed by atoms with E-state index >= 15 is 0 Å². The van der Waals surface area contributed by atoms with Gasteiger partial charge < -0.3 is 5.11 Å². The predicted octanol–water partition coefficient (Wildman–Crippen LogP) is 3.15. The van der Waals surface area contributed by atoms with Gasteiger partial charge in [-0.05, 0) is 38.5 Å². The summed E-state index contributed by atoms with van der Waals surface area (Å²) in [4.78, 5) is 11.3. The van der Waals surface area contributed by atoms with Crippen LogP contribution in [0.2, 0.25) is 5.02 Å². The van der Waals surface area contributed by atoms with Gasteiger partial charge in [-0.2, -0.15) is 5.10 Å². The number of aromatic carboxylic acids is 1. The number of aromatic nitrogens is 2. The molecular formula is C13H13ClN2O2. The third kappa shape index (κ3) is 1.88. The van der Waals surface area contributed by atoms with Crippen LogP contribution in [0.3, 0.4) is 0 Å². The normalized spacial score (nSPS) is 10.7. The molecule has 94 valence electrons. The van der Waals surface area contributed by atoms with Gasteiger partial charge in [-0.25, -0.2) is 9.48 Å². The molecular weight excluding hydrogens is 252 g/mol. The molecule has 0 spiro atoms. The van der Waals surface area contributed by atoms with Crippen molar-refractivity contribution in [3.8, 4) is 5.69 Å². The lowest BCUT2D eigenvalue weighted by atomic mass is 10.1. The third-order valence-corrected chi connectivity index (χ3v) is 3.39. The highest BCUT2D eigenvalue weighted by molar-refractivity contribution is 6.33. The van der Waals surface area contributed by atoms with Crippen LogP contribution in [0, 0.1) is 20.8 Å². The van der Waals surface area contributed by atoms with Crippen molar-refractivity contribution in [1.82, 2.24) is 9.78 Å². The Kier molecular flexibility index (Phi) is 3.13. The summed E-state index contributed by atoms with van der Waals surface area (Å²) in [5.41, 5.74) is 3.35. The van der Waals surface area contributed by atoms with Crippen LogP contribution < -0.4 is 0 Å². The molecule has 1 N–H and O–H groups in total. The maximum Gasteiger partial charge on any atom is 0.337 e. The molecule has 0 saturated carbocycles. The zero-order valence-electron chi connectivity index (χ0n) is 10.4. The van der Waals surface area contributed by atoms with E-state index in [2.05, 4.69) is 5.10 Å². The number of hydrogen-bond acceptors (Lipinski definition) is 2. The first-order valence-corrected chi connectivity index (χ1v) is 5.86. The topological polar surface area (TPSA) is 55.1 Å². The quantitative estimate of drug-likeness (QED) is 0.907. The highest BCUT2D eigenvalue weighted by Gasteiger charge is 2.18. The second kappa shape index (κ2) is 4.46. The van der Waals surface area contributed by atoms with E-state index in [0.29, 0.717) is 10.7 Å². The molecule has 1 aromatic heterocycles. The molecule has 1 aromatic carbocycles. The molecule has 0 unspecified atom stereocenters. The van der Waals surface area contributed by atoms with Gasteiger partial charge in [0.2, 0.25) is 0 Å². The Labute approximate surface area is 110 Å². The Morgan fingerprint density at radius 2 is 2.00 bits per heavy atom. The second-order valence-corrected chi connectivity index (χ2v) is 4.56. The lowest BCUT2D eigenvalue weighted by Crippen LogP contribution is -2.08. The van der Waals surface area contributed by atoms with Crippen molar-refractivity contribution >= 4 is 17.6 Å². The van der Waals surface area contributed by atoms with Crippen LogP contribution in [0.25, 0.3) is 5.69 Å².